The van der Waals surface area contributed by atoms with Gasteiger partial charge in [0.25, 0.3) is 0 Å². The number of nitrogens with zero attached hydrogens (tertiary/aromatic N) is 1. The van der Waals surface area contributed by atoms with Crippen molar-refractivity contribution in [3.8, 4) is 11.4 Å². The Morgan fingerprint density at radius 2 is 1.80 bits per heavy atom. The molecule has 0 aliphatic rings. The van der Waals surface area contributed by atoms with Crippen molar-refractivity contribution < 1.29 is 0 Å². The van der Waals surface area contributed by atoms with E-state index < -0.39 is 0 Å². The van der Waals surface area contributed by atoms with Crippen LogP contribution in [-0.2, 0) is 0 Å². The molecule has 0 radical (unpaired) electrons. The van der Waals surface area contributed by atoms with Crippen LogP contribution in [0.3, 0.4) is 0 Å². The van der Waals surface area contributed by atoms with Gasteiger partial charge < -0.3 is 4.98 Å². The van der Waals surface area contributed by atoms with Crippen LogP contribution >= 0.6 is 0 Å². The normalized spacial score (nSPS) is 10.7. The zero-order chi connectivity index (χ0) is 10.1. The lowest BCUT2D eigenvalue weighted by Gasteiger charge is -1.93. The molecule has 0 saturated carbocycles. The van der Waals surface area contributed by atoms with E-state index in [1.54, 1.807) is 6.20 Å². The van der Waals surface area contributed by atoms with Gasteiger partial charge in [-0.2, -0.15) is 0 Å². The summed E-state index contributed by atoms with van der Waals surface area (Å²) in [7, 11) is 0. The molecule has 72 valence electrons. The molecule has 1 aromatic carbocycles. The largest absolute Gasteiger partial charge is 0.353 e. The molecule has 15 heavy (non-hydrogen) atoms. The molecule has 3 aromatic rings. The number of aromatic nitrogens is 2. The number of benzene rings is 1. The third-order valence-electron chi connectivity index (χ3n) is 2.47. The molecule has 0 aliphatic heterocycles. The molecule has 0 amide bonds. The molecule has 2 aromatic heterocycles. The lowest BCUT2D eigenvalue weighted by Crippen LogP contribution is -1.80. The molecule has 0 fully saturated rings. The fraction of sp³-hybridized carbons (Fsp3) is 0. The van der Waals surface area contributed by atoms with Gasteiger partial charge in [0, 0.05) is 17.1 Å². The lowest BCUT2D eigenvalue weighted by molar-refractivity contribution is 1.29. The molecule has 3 rings (SSSR count). The highest BCUT2D eigenvalue weighted by Gasteiger charge is 2.02. The zero-order valence-corrected chi connectivity index (χ0v) is 8.14. The predicted molar refractivity (Wildman–Crippen MR) is 61.5 cm³/mol. The monoisotopic (exact) mass is 194 g/mol. The van der Waals surface area contributed by atoms with Crippen LogP contribution in [0.15, 0.2) is 54.7 Å². The van der Waals surface area contributed by atoms with E-state index in [1.807, 2.05) is 30.3 Å². The molecule has 0 unspecified atom stereocenters. The van der Waals surface area contributed by atoms with Crippen molar-refractivity contribution in [3.63, 3.8) is 0 Å². The first kappa shape index (κ1) is 8.24. The van der Waals surface area contributed by atoms with Crippen LogP contribution in [0, 0.1) is 0 Å². The molecule has 0 bridgehead atoms. The predicted octanol–water partition coefficient (Wildman–Crippen LogP) is 3.23. The molecule has 2 nitrogen and oxygen atoms in total. The summed E-state index contributed by atoms with van der Waals surface area (Å²) < 4.78 is 0. The minimum atomic E-state index is 0.980. The van der Waals surface area contributed by atoms with Gasteiger partial charge >= 0.3 is 0 Å². The maximum atomic E-state index is 4.31. The summed E-state index contributed by atoms with van der Waals surface area (Å²) in [5, 5.41) is 1.22. The lowest BCUT2D eigenvalue weighted by atomic mass is 10.2. The van der Waals surface area contributed by atoms with Crippen molar-refractivity contribution in [1.29, 1.82) is 0 Å². The number of hydrogen-bond acceptors (Lipinski definition) is 1. The summed E-state index contributed by atoms with van der Waals surface area (Å²) in [5.41, 5.74) is 3.20. The van der Waals surface area contributed by atoms with Crippen LogP contribution in [0.25, 0.3) is 22.3 Å². The number of pyridine rings is 1. The van der Waals surface area contributed by atoms with Crippen molar-refractivity contribution in [2.45, 2.75) is 0 Å². The minimum Gasteiger partial charge on any atom is -0.353 e. The van der Waals surface area contributed by atoms with Gasteiger partial charge in [-0.05, 0) is 24.3 Å². The Labute approximate surface area is 87.6 Å². The highest BCUT2D eigenvalue weighted by Crippen LogP contribution is 2.21. The standard InChI is InChI=1S/C13H10N2/c1-2-6-11-10(5-1)9-13(15-11)12-7-3-4-8-14-12/h1-9,15H. The Morgan fingerprint density at radius 3 is 2.60 bits per heavy atom. The summed E-state index contributed by atoms with van der Waals surface area (Å²) in [5.74, 6) is 0. The van der Waals surface area contributed by atoms with Crippen LogP contribution in [0.5, 0.6) is 0 Å². The summed E-state index contributed by atoms with van der Waals surface area (Å²) in [6.07, 6.45) is 1.81. The van der Waals surface area contributed by atoms with E-state index in [0.29, 0.717) is 0 Å². The number of rotatable bonds is 1. The van der Waals surface area contributed by atoms with Crippen LogP contribution in [0.2, 0.25) is 0 Å². The van der Waals surface area contributed by atoms with Gasteiger partial charge in [0.2, 0.25) is 0 Å². The second-order valence-corrected chi connectivity index (χ2v) is 3.49. The molecule has 0 atom stereocenters. The Balaban J connectivity index is 2.21. The second-order valence-electron chi connectivity index (χ2n) is 3.49. The van der Waals surface area contributed by atoms with Gasteiger partial charge in [0.15, 0.2) is 0 Å². The van der Waals surface area contributed by atoms with E-state index in [1.165, 1.54) is 5.39 Å². The average Bonchev–Trinajstić information content (AvgIpc) is 2.74. The van der Waals surface area contributed by atoms with Crippen LogP contribution in [-0.4, -0.2) is 9.97 Å². The van der Waals surface area contributed by atoms with Crippen LogP contribution in [0.1, 0.15) is 0 Å². The molecule has 0 aliphatic carbocycles. The summed E-state index contributed by atoms with van der Waals surface area (Å²) in [6, 6.07) is 16.3. The molecule has 2 heteroatoms. The van der Waals surface area contributed by atoms with Crippen molar-refractivity contribution in [1.82, 2.24) is 9.97 Å². The maximum Gasteiger partial charge on any atom is 0.0864 e. The van der Waals surface area contributed by atoms with Gasteiger partial charge in [-0.15, -0.1) is 0 Å². The van der Waals surface area contributed by atoms with Gasteiger partial charge in [-0.3, -0.25) is 4.98 Å². The second kappa shape index (κ2) is 3.24. The van der Waals surface area contributed by atoms with E-state index in [2.05, 4.69) is 28.2 Å². The first-order chi connectivity index (χ1) is 7.43. The zero-order valence-electron chi connectivity index (χ0n) is 8.14. The number of aromatic amines is 1. The van der Waals surface area contributed by atoms with E-state index in [0.717, 1.165) is 16.9 Å². The molecule has 1 N–H and O–H groups in total. The Hall–Kier alpha value is -2.09. The van der Waals surface area contributed by atoms with Gasteiger partial charge in [-0.1, -0.05) is 24.3 Å². The third-order valence-corrected chi connectivity index (χ3v) is 2.47. The van der Waals surface area contributed by atoms with Crippen molar-refractivity contribution in [2.75, 3.05) is 0 Å². The Kier molecular flexibility index (Phi) is 1.78. The fourth-order valence-electron chi connectivity index (χ4n) is 1.73. The number of fused-ring (bicyclic) bond motifs is 1. The van der Waals surface area contributed by atoms with Crippen molar-refractivity contribution >= 4 is 10.9 Å². The fourth-order valence-corrected chi connectivity index (χ4v) is 1.73. The highest BCUT2D eigenvalue weighted by molar-refractivity contribution is 5.85. The summed E-state index contributed by atoms with van der Waals surface area (Å²) >= 11 is 0. The molecule has 0 saturated heterocycles. The quantitative estimate of drug-likeness (QED) is 0.633. The summed E-state index contributed by atoms with van der Waals surface area (Å²) in [6.45, 7) is 0. The average molecular weight is 194 g/mol. The van der Waals surface area contributed by atoms with E-state index in [4.69, 9.17) is 0 Å². The van der Waals surface area contributed by atoms with E-state index >= 15 is 0 Å². The first-order valence-corrected chi connectivity index (χ1v) is 4.93. The van der Waals surface area contributed by atoms with Gasteiger partial charge in [0.05, 0.1) is 11.4 Å². The number of H-pyrrole nitrogens is 1. The first-order valence-electron chi connectivity index (χ1n) is 4.93. The molecule has 2 heterocycles. The highest BCUT2D eigenvalue weighted by atomic mass is 14.8. The Bertz CT molecular complexity index is 549. The third kappa shape index (κ3) is 1.40. The smallest absolute Gasteiger partial charge is 0.0864 e. The minimum absolute atomic E-state index is 0.980. The van der Waals surface area contributed by atoms with Crippen molar-refractivity contribution in [2.24, 2.45) is 0 Å². The summed E-state index contributed by atoms with van der Waals surface area (Å²) in [4.78, 5) is 7.66. The molecular formula is C13H10N2. The van der Waals surface area contributed by atoms with Gasteiger partial charge in [-0.25, -0.2) is 0 Å². The molecular weight excluding hydrogens is 184 g/mol. The van der Waals surface area contributed by atoms with Gasteiger partial charge in [0.1, 0.15) is 0 Å². The number of hydrogen-bond donors (Lipinski definition) is 1. The molecule has 0 spiro atoms. The van der Waals surface area contributed by atoms with Crippen molar-refractivity contribution in [3.05, 3.63) is 54.7 Å². The topological polar surface area (TPSA) is 28.7 Å². The van der Waals surface area contributed by atoms with E-state index in [9.17, 15) is 0 Å². The SMILES string of the molecule is c1ccc(-c2cc3ccccc3[nH]2)nc1. The Morgan fingerprint density at radius 1 is 0.933 bits per heavy atom. The van der Waals surface area contributed by atoms with Crippen LogP contribution < -0.4 is 0 Å². The number of nitrogens with one attached hydrogen (secondary N) is 1. The number of para-hydroxylation sites is 1. The maximum absolute atomic E-state index is 4.31. The van der Waals surface area contributed by atoms with E-state index in [-0.39, 0.29) is 0 Å². The van der Waals surface area contributed by atoms with Crippen LogP contribution in [0.4, 0.5) is 0 Å².